The average molecular weight is 202 g/mol. The molecule has 3 nitrogen and oxygen atoms in total. The number of likely N-dealkylation sites (tertiary alicyclic amines) is 1. The highest BCUT2D eigenvalue weighted by Crippen LogP contribution is 2.23. The number of amides is 1. The van der Waals surface area contributed by atoms with E-state index >= 15 is 0 Å². The van der Waals surface area contributed by atoms with Crippen LogP contribution in [0.15, 0.2) is 0 Å². The predicted molar refractivity (Wildman–Crippen MR) is 45.5 cm³/mol. The zero-order valence-corrected chi connectivity index (χ0v) is 7.75. The van der Waals surface area contributed by atoms with Crippen LogP contribution in [0.4, 0.5) is 8.78 Å². The summed E-state index contributed by atoms with van der Waals surface area (Å²) in [4.78, 5) is 12.7. The smallest absolute Gasteiger partial charge is 0.241 e. The van der Waals surface area contributed by atoms with Gasteiger partial charge < -0.3 is 4.90 Å². The van der Waals surface area contributed by atoms with Gasteiger partial charge in [-0.3, -0.25) is 4.79 Å². The summed E-state index contributed by atoms with van der Waals surface area (Å²) in [7, 11) is 0. The minimum absolute atomic E-state index is 0.153. The minimum atomic E-state index is -2.29. The van der Waals surface area contributed by atoms with Crippen molar-refractivity contribution in [3.05, 3.63) is 0 Å². The summed E-state index contributed by atoms with van der Waals surface area (Å²) in [5.41, 5.74) is 0. The van der Waals surface area contributed by atoms with Crippen LogP contribution in [0, 0.1) is 17.2 Å². The van der Waals surface area contributed by atoms with E-state index in [0.717, 1.165) is 0 Å². The van der Waals surface area contributed by atoms with E-state index in [1.165, 1.54) is 4.90 Å². The number of carbonyl (C=O) groups is 1. The number of halogens is 2. The molecule has 0 bridgehead atoms. The summed E-state index contributed by atoms with van der Waals surface area (Å²) in [5.74, 6) is -0.832. The molecule has 0 N–H and O–H groups in total. The summed E-state index contributed by atoms with van der Waals surface area (Å²) in [5, 5.41) is 8.29. The van der Waals surface area contributed by atoms with Gasteiger partial charge in [0.15, 0.2) is 0 Å². The maximum absolute atomic E-state index is 12.2. The highest BCUT2D eigenvalue weighted by molar-refractivity contribution is 5.78. The largest absolute Gasteiger partial charge is 0.342 e. The van der Waals surface area contributed by atoms with E-state index in [9.17, 15) is 13.6 Å². The lowest BCUT2D eigenvalue weighted by atomic mass is 9.97. The molecule has 1 amide bonds. The molecule has 1 heterocycles. The van der Waals surface area contributed by atoms with Gasteiger partial charge in [0.2, 0.25) is 12.3 Å². The molecule has 1 aliphatic heterocycles. The van der Waals surface area contributed by atoms with Gasteiger partial charge in [0, 0.05) is 19.0 Å². The molecule has 0 atom stereocenters. The Morgan fingerprint density at radius 2 is 2.07 bits per heavy atom. The summed E-state index contributed by atoms with van der Waals surface area (Å²) in [6, 6.07) is 1.76. The zero-order chi connectivity index (χ0) is 10.6. The molecule has 0 unspecified atom stereocenters. The Balaban J connectivity index is 2.36. The molecule has 0 saturated carbocycles. The number of carbonyl (C=O) groups excluding carboxylic acids is 1. The maximum Gasteiger partial charge on any atom is 0.241 e. The highest BCUT2D eigenvalue weighted by atomic mass is 19.3. The molecule has 0 aromatic heterocycles. The molecule has 78 valence electrons. The number of nitriles is 1. The average Bonchev–Trinajstić information content (AvgIpc) is 2.18. The van der Waals surface area contributed by atoms with E-state index < -0.39 is 12.3 Å². The maximum atomic E-state index is 12.2. The Kier molecular flexibility index (Phi) is 3.81. The number of nitrogens with zero attached hydrogens (tertiary/aromatic N) is 2. The van der Waals surface area contributed by atoms with Crippen LogP contribution in [-0.2, 0) is 4.79 Å². The van der Waals surface area contributed by atoms with Crippen LogP contribution < -0.4 is 0 Å². The monoisotopic (exact) mass is 202 g/mol. The van der Waals surface area contributed by atoms with Gasteiger partial charge in [0.05, 0.1) is 6.07 Å². The SMILES string of the molecule is N#CCC(=O)N1CCC(C(F)F)CC1. The van der Waals surface area contributed by atoms with Gasteiger partial charge in [-0.05, 0) is 12.8 Å². The van der Waals surface area contributed by atoms with Crippen molar-refractivity contribution in [2.24, 2.45) is 5.92 Å². The van der Waals surface area contributed by atoms with Gasteiger partial charge in [-0.25, -0.2) is 8.78 Å². The van der Waals surface area contributed by atoms with Crippen molar-refractivity contribution in [3.8, 4) is 6.07 Å². The first-order valence-corrected chi connectivity index (χ1v) is 4.58. The lowest BCUT2D eigenvalue weighted by Crippen LogP contribution is -2.39. The molecule has 1 aliphatic rings. The molecular weight excluding hydrogens is 190 g/mol. The molecule has 1 fully saturated rings. The van der Waals surface area contributed by atoms with Crippen LogP contribution in [-0.4, -0.2) is 30.3 Å². The fourth-order valence-corrected chi connectivity index (χ4v) is 1.58. The van der Waals surface area contributed by atoms with E-state index in [1.54, 1.807) is 6.07 Å². The first-order chi connectivity index (χ1) is 6.65. The summed E-state index contributed by atoms with van der Waals surface area (Å²) in [6.07, 6.45) is -1.76. The van der Waals surface area contributed by atoms with E-state index in [1.807, 2.05) is 0 Å². The molecule has 0 aliphatic carbocycles. The normalized spacial score (nSPS) is 18.3. The molecule has 0 radical (unpaired) electrons. The number of piperidine rings is 1. The third-order valence-corrected chi connectivity index (χ3v) is 2.48. The molecule has 1 saturated heterocycles. The second-order valence-electron chi connectivity index (χ2n) is 3.39. The van der Waals surface area contributed by atoms with Gasteiger partial charge in [0.25, 0.3) is 0 Å². The van der Waals surface area contributed by atoms with Crippen LogP contribution in [0.25, 0.3) is 0 Å². The molecular formula is C9H12F2N2O. The Bertz CT molecular complexity index is 242. The summed E-state index contributed by atoms with van der Waals surface area (Å²) >= 11 is 0. The van der Waals surface area contributed by atoms with Gasteiger partial charge in [-0.1, -0.05) is 0 Å². The van der Waals surface area contributed by atoms with Crippen LogP contribution in [0.3, 0.4) is 0 Å². The van der Waals surface area contributed by atoms with Gasteiger partial charge >= 0.3 is 0 Å². The van der Waals surface area contributed by atoms with E-state index in [4.69, 9.17) is 5.26 Å². The minimum Gasteiger partial charge on any atom is -0.342 e. The third-order valence-electron chi connectivity index (χ3n) is 2.48. The van der Waals surface area contributed by atoms with Gasteiger partial charge in [-0.2, -0.15) is 5.26 Å². The van der Waals surface area contributed by atoms with Crippen LogP contribution in [0.1, 0.15) is 19.3 Å². The molecule has 0 aromatic carbocycles. The fourth-order valence-electron chi connectivity index (χ4n) is 1.58. The summed E-state index contributed by atoms with van der Waals surface area (Å²) in [6.45, 7) is 0.713. The fraction of sp³-hybridized carbons (Fsp3) is 0.778. The van der Waals surface area contributed by atoms with Crippen molar-refractivity contribution in [2.45, 2.75) is 25.7 Å². The van der Waals surface area contributed by atoms with E-state index in [0.29, 0.717) is 25.9 Å². The van der Waals surface area contributed by atoms with Gasteiger partial charge in [0.1, 0.15) is 6.42 Å². The van der Waals surface area contributed by atoms with Crippen molar-refractivity contribution < 1.29 is 13.6 Å². The highest BCUT2D eigenvalue weighted by Gasteiger charge is 2.27. The predicted octanol–water partition coefficient (Wildman–Crippen LogP) is 1.40. The Labute approximate surface area is 81.3 Å². The molecule has 0 aromatic rings. The number of rotatable bonds is 2. The van der Waals surface area contributed by atoms with Crippen molar-refractivity contribution in [1.29, 1.82) is 5.26 Å². The third kappa shape index (κ3) is 2.66. The van der Waals surface area contributed by atoms with Crippen LogP contribution >= 0.6 is 0 Å². The second-order valence-corrected chi connectivity index (χ2v) is 3.39. The Hall–Kier alpha value is -1.18. The van der Waals surface area contributed by atoms with Crippen LogP contribution in [0.2, 0.25) is 0 Å². The first kappa shape index (κ1) is 10.9. The molecule has 0 spiro atoms. The van der Waals surface area contributed by atoms with Crippen LogP contribution in [0.5, 0.6) is 0 Å². The number of hydrogen-bond donors (Lipinski definition) is 0. The Morgan fingerprint density at radius 1 is 1.50 bits per heavy atom. The van der Waals surface area contributed by atoms with E-state index in [-0.39, 0.29) is 12.3 Å². The quantitative estimate of drug-likeness (QED) is 0.679. The van der Waals surface area contributed by atoms with Crippen molar-refractivity contribution in [3.63, 3.8) is 0 Å². The van der Waals surface area contributed by atoms with Crippen molar-refractivity contribution in [1.82, 2.24) is 4.90 Å². The molecule has 5 heteroatoms. The first-order valence-electron chi connectivity index (χ1n) is 4.58. The lowest BCUT2D eigenvalue weighted by molar-refractivity contribution is -0.132. The van der Waals surface area contributed by atoms with Crippen molar-refractivity contribution >= 4 is 5.91 Å². The lowest BCUT2D eigenvalue weighted by Gasteiger charge is -2.31. The Morgan fingerprint density at radius 3 is 2.50 bits per heavy atom. The topological polar surface area (TPSA) is 44.1 Å². The number of hydrogen-bond acceptors (Lipinski definition) is 2. The molecule has 14 heavy (non-hydrogen) atoms. The second kappa shape index (κ2) is 4.89. The zero-order valence-electron chi connectivity index (χ0n) is 7.75. The number of alkyl halides is 2. The molecule has 1 rings (SSSR count). The summed E-state index contributed by atoms with van der Waals surface area (Å²) < 4.78 is 24.5. The van der Waals surface area contributed by atoms with Crippen molar-refractivity contribution in [2.75, 3.05) is 13.1 Å². The van der Waals surface area contributed by atoms with Gasteiger partial charge in [-0.15, -0.1) is 0 Å². The standard InChI is InChI=1S/C9H12F2N2O/c10-9(11)7-2-5-13(6-3-7)8(14)1-4-12/h7,9H,1-3,5-6H2. The van der Waals surface area contributed by atoms with E-state index in [2.05, 4.69) is 0 Å².